The highest BCUT2D eigenvalue weighted by atomic mass is 32.1. The second kappa shape index (κ2) is 10.3. The molecule has 3 amide bonds. The van der Waals surface area contributed by atoms with Crippen molar-refractivity contribution in [3.63, 3.8) is 0 Å². The van der Waals surface area contributed by atoms with Gasteiger partial charge < -0.3 is 35.6 Å². The molecule has 3 N–H and O–H groups in total. The van der Waals surface area contributed by atoms with E-state index in [4.69, 9.17) is 10.6 Å². The Balaban J connectivity index is 1.35. The SMILES string of the molecule is CO/N=C(\C(=O)N[C@@H]1C(=O)N2C(C(=O)[O-])=C(C=C3CCN(c4ccc[n+](C)c4)C3=O)CC[C@H]12)c1csc(N)n1. The number of carboxylic acids is 1. The second-order valence-corrected chi connectivity index (χ2v) is 10.1. The number of carbonyl (C=O) groups is 4. The zero-order valence-corrected chi connectivity index (χ0v) is 21.9. The molecule has 0 radical (unpaired) electrons. The number of hydrogen-bond donors (Lipinski definition) is 2. The second-order valence-electron chi connectivity index (χ2n) is 9.22. The standard InChI is InChI=1S/C25H25N7O6S/c1-30-8-3-4-15(11-30)31-9-7-14(22(31)34)10-13-5-6-17-19(23(35)32(17)20(13)24(36)37)28-21(33)18(29-38-2)16-12-39-25(26)27-16/h3-4,8,10-12,17,19H,5-7,9H2,1-2H3,(H3-,26,27,28,33,36,37)/b14-10?,29-18-/t17-,19+/m1/s1. The van der Waals surface area contributed by atoms with Crippen molar-refractivity contribution in [2.75, 3.05) is 24.3 Å². The molecule has 5 heterocycles. The Morgan fingerprint density at radius 1 is 1.36 bits per heavy atom. The third kappa shape index (κ3) is 4.74. The largest absolute Gasteiger partial charge is 0.543 e. The summed E-state index contributed by atoms with van der Waals surface area (Å²) in [6, 6.07) is 2.10. The molecule has 2 aromatic heterocycles. The van der Waals surface area contributed by atoms with Gasteiger partial charge in [0.25, 0.3) is 17.7 Å². The van der Waals surface area contributed by atoms with Crippen LogP contribution >= 0.6 is 11.3 Å². The smallest absolute Gasteiger partial charge is 0.276 e. The third-order valence-electron chi connectivity index (χ3n) is 6.83. The van der Waals surface area contributed by atoms with Gasteiger partial charge in [0, 0.05) is 23.6 Å². The number of aromatic nitrogens is 2. The topological polar surface area (TPSA) is 174 Å². The van der Waals surface area contributed by atoms with Gasteiger partial charge in [-0.1, -0.05) is 5.16 Å². The van der Waals surface area contributed by atoms with E-state index >= 15 is 0 Å². The maximum Gasteiger partial charge on any atom is 0.276 e. The first-order valence-corrected chi connectivity index (χ1v) is 13.0. The van der Waals surface area contributed by atoms with E-state index in [0.717, 1.165) is 21.9 Å². The van der Waals surface area contributed by atoms with E-state index in [0.29, 0.717) is 30.5 Å². The number of hydrogen-bond acceptors (Lipinski definition) is 10. The minimum atomic E-state index is -1.53. The first-order chi connectivity index (χ1) is 18.7. The zero-order valence-electron chi connectivity index (χ0n) is 21.1. The van der Waals surface area contributed by atoms with E-state index in [-0.39, 0.29) is 34.6 Å². The molecule has 14 heteroatoms. The van der Waals surface area contributed by atoms with Gasteiger partial charge in [-0.25, -0.2) is 9.55 Å². The van der Waals surface area contributed by atoms with Gasteiger partial charge in [0.15, 0.2) is 23.2 Å². The Morgan fingerprint density at radius 2 is 2.15 bits per heavy atom. The molecule has 2 atom stereocenters. The number of pyridine rings is 1. The van der Waals surface area contributed by atoms with Crippen molar-refractivity contribution in [1.82, 2.24) is 15.2 Å². The molecule has 13 nitrogen and oxygen atoms in total. The third-order valence-corrected chi connectivity index (χ3v) is 7.50. The maximum absolute atomic E-state index is 13.1. The lowest BCUT2D eigenvalue weighted by atomic mass is 9.82. The predicted octanol–water partition coefficient (Wildman–Crippen LogP) is -1.24. The number of nitrogen functional groups attached to an aromatic ring is 1. The van der Waals surface area contributed by atoms with Crippen molar-refractivity contribution in [3.8, 4) is 0 Å². The van der Waals surface area contributed by atoms with E-state index in [2.05, 4.69) is 15.5 Å². The van der Waals surface area contributed by atoms with E-state index in [9.17, 15) is 24.3 Å². The van der Waals surface area contributed by atoms with Crippen LogP contribution < -0.4 is 25.6 Å². The van der Waals surface area contributed by atoms with Crippen LogP contribution in [0.5, 0.6) is 0 Å². The monoisotopic (exact) mass is 551 g/mol. The average molecular weight is 552 g/mol. The number of allylic oxidation sites excluding steroid dienone is 2. The Kier molecular flexibility index (Phi) is 6.87. The molecule has 3 aliphatic rings. The first kappa shape index (κ1) is 26.0. The number of oxime groups is 1. The molecule has 39 heavy (non-hydrogen) atoms. The van der Waals surface area contributed by atoms with Crippen LogP contribution in [0.25, 0.3) is 0 Å². The Morgan fingerprint density at radius 3 is 2.82 bits per heavy atom. The maximum atomic E-state index is 13.1. The van der Waals surface area contributed by atoms with Crippen LogP contribution in [0.15, 0.2) is 58.0 Å². The molecule has 2 fully saturated rings. The van der Waals surface area contributed by atoms with Crippen molar-refractivity contribution in [2.24, 2.45) is 12.2 Å². The van der Waals surface area contributed by atoms with E-state index in [1.165, 1.54) is 12.5 Å². The molecular formula is C25H25N7O6S. The summed E-state index contributed by atoms with van der Waals surface area (Å²) in [4.78, 5) is 62.8. The van der Waals surface area contributed by atoms with Crippen LogP contribution in [-0.2, 0) is 31.1 Å². The van der Waals surface area contributed by atoms with Crippen molar-refractivity contribution in [1.29, 1.82) is 0 Å². The van der Waals surface area contributed by atoms with Gasteiger partial charge in [0.05, 0.1) is 17.7 Å². The number of β-lactam (4-membered cyclic amide) rings is 1. The minimum Gasteiger partial charge on any atom is -0.543 e. The number of aliphatic carboxylic acids is 1. The van der Waals surface area contributed by atoms with Gasteiger partial charge in [-0.05, 0) is 37.0 Å². The molecule has 0 unspecified atom stereocenters. The van der Waals surface area contributed by atoms with Gasteiger partial charge in [-0.15, -0.1) is 11.3 Å². The number of aryl methyl sites for hydroxylation is 1. The fourth-order valence-electron chi connectivity index (χ4n) is 5.06. The van der Waals surface area contributed by atoms with Gasteiger partial charge in [0.2, 0.25) is 0 Å². The number of nitrogens with zero attached hydrogens (tertiary/aromatic N) is 5. The van der Waals surface area contributed by atoms with Crippen molar-refractivity contribution >= 4 is 51.6 Å². The molecule has 0 aromatic carbocycles. The van der Waals surface area contributed by atoms with Crippen molar-refractivity contribution in [2.45, 2.75) is 31.3 Å². The summed E-state index contributed by atoms with van der Waals surface area (Å²) in [6.07, 6.45) is 6.33. The number of nitrogens with one attached hydrogen (secondary N) is 1. The number of thiazole rings is 1. The van der Waals surface area contributed by atoms with E-state index in [1.54, 1.807) is 11.0 Å². The van der Waals surface area contributed by atoms with E-state index in [1.807, 2.05) is 36.1 Å². The predicted molar refractivity (Wildman–Crippen MR) is 137 cm³/mol. The number of amides is 3. The molecule has 2 saturated heterocycles. The summed E-state index contributed by atoms with van der Waals surface area (Å²) in [5.74, 6) is -3.06. The van der Waals surface area contributed by atoms with Crippen LogP contribution in [0.4, 0.5) is 10.8 Å². The lowest BCUT2D eigenvalue weighted by molar-refractivity contribution is -0.670. The summed E-state index contributed by atoms with van der Waals surface area (Å²) in [6.45, 7) is 0.456. The van der Waals surface area contributed by atoms with Crippen molar-refractivity contribution in [3.05, 3.63) is 58.5 Å². The summed E-state index contributed by atoms with van der Waals surface area (Å²) in [7, 11) is 3.12. The fraction of sp³-hybridized carbons (Fsp3) is 0.320. The highest BCUT2D eigenvalue weighted by Gasteiger charge is 2.52. The lowest BCUT2D eigenvalue weighted by Gasteiger charge is -2.51. The number of fused-ring (bicyclic) bond motifs is 1. The fourth-order valence-corrected chi connectivity index (χ4v) is 5.61. The molecule has 0 aliphatic carbocycles. The quantitative estimate of drug-likeness (QED) is 0.141. The van der Waals surface area contributed by atoms with Gasteiger partial charge >= 0.3 is 0 Å². The minimum absolute atomic E-state index is 0.162. The van der Waals surface area contributed by atoms with Gasteiger partial charge in [0.1, 0.15) is 31.6 Å². The summed E-state index contributed by atoms with van der Waals surface area (Å²) >= 11 is 1.11. The van der Waals surface area contributed by atoms with Crippen LogP contribution in [0.2, 0.25) is 0 Å². The molecule has 0 bridgehead atoms. The number of nitrogens with two attached hydrogens (primary N) is 1. The molecule has 202 valence electrons. The summed E-state index contributed by atoms with van der Waals surface area (Å²) in [5.41, 5.74) is 6.92. The number of anilines is 2. The van der Waals surface area contributed by atoms with E-state index < -0.39 is 29.9 Å². The molecule has 5 rings (SSSR count). The Hall–Kier alpha value is -4.59. The molecular weight excluding hydrogens is 526 g/mol. The average Bonchev–Trinajstić information content (AvgIpc) is 3.50. The van der Waals surface area contributed by atoms with Crippen LogP contribution in [0.1, 0.15) is 25.0 Å². The zero-order chi connectivity index (χ0) is 27.8. The molecule has 0 saturated carbocycles. The normalized spacial score (nSPS) is 22.2. The Labute approximate surface area is 226 Å². The highest BCUT2D eigenvalue weighted by Crippen LogP contribution is 2.38. The number of carboxylic acid groups (broad SMARTS) is 1. The highest BCUT2D eigenvalue weighted by molar-refractivity contribution is 7.13. The van der Waals surface area contributed by atoms with Gasteiger partial charge in [-0.2, -0.15) is 0 Å². The number of rotatable bonds is 7. The lowest BCUT2D eigenvalue weighted by Crippen LogP contribution is -2.72. The summed E-state index contributed by atoms with van der Waals surface area (Å²) < 4.78 is 1.84. The summed E-state index contributed by atoms with van der Waals surface area (Å²) in [5, 5.41) is 20.2. The van der Waals surface area contributed by atoms with Crippen molar-refractivity contribution < 1.29 is 33.7 Å². The van der Waals surface area contributed by atoms with Crippen LogP contribution in [-0.4, -0.2) is 65.0 Å². The molecule has 0 spiro atoms. The first-order valence-electron chi connectivity index (χ1n) is 12.1. The van der Waals surface area contributed by atoms with Gasteiger partial charge in [-0.3, -0.25) is 14.4 Å². The molecule has 3 aliphatic heterocycles. The number of carbonyl (C=O) groups excluding carboxylic acids is 4. The molecule has 2 aromatic rings. The van der Waals surface area contributed by atoms with Crippen LogP contribution in [0, 0.1) is 0 Å². The van der Waals surface area contributed by atoms with Crippen LogP contribution in [0.3, 0.4) is 0 Å². The Bertz CT molecular complexity index is 1480.